The molecule has 0 spiro atoms. The van der Waals surface area contributed by atoms with Gasteiger partial charge < -0.3 is 16.4 Å². The molecule has 1 aliphatic rings. The van der Waals surface area contributed by atoms with Crippen molar-refractivity contribution in [1.82, 2.24) is 0 Å². The zero-order valence-corrected chi connectivity index (χ0v) is 12.7. The van der Waals surface area contributed by atoms with E-state index in [0.717, 1.165) is 23.0 Å². The Labute approximate surface area is 122 Å². The van der Waals surface area contributed by atoms with Crippen molar-refractivity contribution in [1.29, 1.82) is 0 Å². The Morgan fingerprint density at radius 2 is 2.21 bits per heavy atom. The molecule has 4 N–H and O–H groups in total. The molecular formula is C14H20BrN3O. The molecule has 1 heterocycles. The fraction of sp³-hybridized carbons (Fsp3) is 0.500. The Morgan fingerprint density at radius 3 is 2.84 bits per heavy atom. The fourth-order valence-corrected chi connectivity index (χ4v) is 3.23. The van der Waals surface area contributed by atoms with Crippen molar-refractivity contribution in [2.75, 3.05) is 11.4 Å². The van der Waals surface area contributed by atoms with E-state index in [9.17, 15) is 4.79 Å². The Bertz CT molecular complexity index is 478. The van der Waals surface area contributed by atoms with E-state index in [1.807, 2.05) is 12.1 Å². The summed E-state index contributed by atoms with van der Waals surface area (Å²) in [5.41, 5.74) is 12.8. The standard InChI is InChI=1S/C14H20BrN3O/c1-9-3-2-4-11(8-16)18(9)13-7-10(15)5-6-12(13)14(17)19/h5-7,9,11H,2-4,8,16H2,1H3,(H2,17,19). The van der Waals surface area contributed by atoms with Crippen LogP contribution in [0.2, 0.25) is 0 Å². The highest BCUT2D eigenvalue weighted by Gasteiger charge is 2.29. The molecule has 1 saturated heterocycles. The summed E-state index contributed by atoms with van der Waals surface area (Å²) in [5, 5.41) is 0. The maximum atomic E-state index is 11.6. The van der Waals surface area contributed by atoms with Crippen molar-refractivity contribution in [2.45, 2.75) is 38.3 Å². The molecule has 0 aliphatic carbocycles. The third-order valence-corrected chi connectivity index (χ3v) is 4.30. The van der Waals surface area contributed by atoms with Crippen LogP contribution in [0.5, 0.6) is 0 Å². The first-order valence-electron chi connectivity index (χ1n) is 6.62. The van der Waals surface area contributed by atoms with Gasteiger partial charge in [-0.2, -0.15) is 0 Å². The number of piperidine rings is 1. The molecule has 1 aromatic carbocycles. The summed E-state index contributed by atoms with van der Waals surface area (Å²) in [6.07, 6.45) is 3.35. The molecule has 1 fully saturated rings. The van der Waals surface area contributed by atoms with Crippen molar-refractivity contribution in [3.8, 4) is 0 Å². The monoisotopic (exact) mass is 325 g/mol. The van der Waals surface area contributed by atoms with E-state index in [1.54, 1.807) is 6.07 Å². The molecule has 0 saturated carbocycles. The van der Waals surface area contributed by atoms with E-state index < -0.39 is 5.91 Å². The van der Waals surface area contributed by atoms with Gasteiger partial charge in [0, 0.05) is 23.1 Å². The summed E-state index contributed by atoms with van der Waals surface area (Å²) in [6.45, 7) is 2.77. The van der Waals surface area contributed by atoms with Crippen LogP contribution < -0.4 is 16.4 Å². The molecule has 0 aromatic heterocycles. The Balaban J connectivity index is 2.48. The highest BCUT2D eigenvalue weighted by Crippen LogP contribution is 2.33. The second-order valence-electron chi connectivity index (χ2n) is 5.10. The van der Waals surface area contributed by atoms with Gasteiger partial charge in [-0.3, -0.25) is 4.79 Å². The largest absolute Gasteiger partial charge is 0.366 e. The number of carbonyl (C=O) groups excluding carboxylic acids is 1. The predicted molar refractivity (Wildman–Crippen MR) is 81.3 cm³/mol. The third-order valence-electron chi connectivity index (χ3n) is 3.80. The third kappa shape index (κ3) is 2.92. The number of carbonyl (C=O) groups is 1. The first-order chi connectivity index (χ1) is 9.04. The van der Waals surface area contributed by atoms with Crippen LogP contribution in [-0.4, -0.2) is 24.5 Å². The molecule has 0 bridgehead atoms. The number of nitrogens with two attached hydrogens (primary N) is 2. The SMILES string of the molecule is CC1CCCC(CN)N1c1cc(Br)ccc1C(N)=O. The molecule has 2 atom stereocenters. The summed E-state index contributed by atoms with van der Waals surface area (Å²) < 4.78 is 0.945. The highest BCUT2D eigenvalue weighted by molar-refractivity contribution is 9.10. The minimum atomic E-state index is -0.393. The maximum Gasteiger partial charge on any atom is 0.250 e. The number of hydrogen-bond donors (Lipinski definition) is 2. The molecule has 5 heteroatoms. The number of hydrogen-bond acceptors (Lipinski definition) is 3. The van der Waals surface area contributed by atoms with Crippen molar-refractivity contribution in [3.63, 3.8) is 0 Å². The number of anilines is 1. The Kier molecular flexibility index (Phi) is 4.47. The lowest BCUT2D eigenvalue weighted by Gasteiger charge is -2.42. The molecule has 2 unspecified atom stereocenters. The molecule has 19 heavy (non-hydrogen) atoms. The van der Waals surface area contributed by atoms with Gasteiger partial charge in [-0.1, -0.05) is 15.9 Å². The molecule has 1 aromatic rings. The average Bonchev–Trinajstić information content (AvgIpc) is 2.37. The van der Waals surface area contributed by atoms with Crippen LogP contribution >= 0.6 is 15.9 Å². The molecular weight excluding hydrogens is 306 g/mol. The van der Waals surface area contributed by atoms with Crippen molar-refractivity contribution in [2.24, 2.45) is 11.5 Å². The number of benzene rings is 1. The number of halogens is 1. The number of primary amides is 1. The normalized spacial score (nSPS) is 23.4. The molecule has 1 aliphatic heterocycles. The van der Waals surface area contributed by atoms with Crippen LogP contribution in [0.15, 0.2) is 22.7 Å². The van der Waals surface area contributed by atoms with Gasteiger partial charge in [-0.25, -0.2) is 0 Å². The molecule has 0 radical (unpaired) electrons. The quantitative estimate of drug-likeness (QED) is 0.895. The van der Waals surface area contributed by atoms with Crippen LogP contribution in [0.4, 0.5) is 5.69 Å². The molecule has 2 rings (SSSR count). The second kappa shape index (κ2) is 5.92. The predicted octanol–water partition coefficient (Wildman–Crippen LogP) is 2.25. The van der Waals surface area contributed by atoms with Gasteiger partial charge in [0.2, 0.25) is 0 Å². The summed E-state index contributed by atoms with van der Waals surface area (Å²) in [5.74, 6) is -0.393. The highest BCUT2D eigenvalue weighted by atomic mass is 79.9. The Hall–Kier alpha value is -1.07. The topological polar surface area (TPSA) is 72.3 Å². The zero-order valence-electron chi connectivity index (χ0n) is 11.1. The van der Waals surface area contributed by atoms with Crippen molar-refractivity contribution in [3.05, 3.63) is 28.2 Å². The summed E-state index contributed by atoms with van der Waals surface area (Å²) in [4.78, 5) is 13.9. The summed E-state index contributed by atoms with van der Waals surface area (Å²) in [6, 6.07) is 6.22. The lowest BCUT2D eigenvalue weighted by atomic mass is 9.94. The average molecular weight is 326 g/mol. The van der Waals surface area contributed by atoms with Gasteiger partial charge in [0.25, 0.3) is 5.91 Å². The smallest absolute Gasteiger partial charge is 0.250 e. The minimum absolute atomic E-state index is 0.274. The van der Waals surface area contributed by atoms with Crippen LogP contribution in [-0.2, 0) is 0 Å². The van der Waals surface area contributed by atoms with E-state index in [4.69, 9.17) is 11.5 Å². The van der Waals surface area contributed by atoms with Gasteiger partial charge in [-0.05, 0) is 44.4 Å². The lowest BCUT2D eigenvalue weighted by molar-refractivity contribution is 0.100. The van der Waals surface area contributed by atoms with Crippen LogP contribution in [0.25, 0.3) is 0 Å². The molecule has 4 nitrogen and oxygen atoms in total. The number of amides is 1. The van der Waals surface area contributed by atoms with Gasteiger partial charge in [0.05, 0.1) is 11.3 Å². The molecule has 104 valence electrons. The van der Waals surface area contributed by atoms with Crippen molar-refractivity contribution < 1.29 is 4.79 Å². The number of nitrogens with zero attached hydrogens (tertiary/aromatic N) is 1. The van der Waals surface area contributed by atoms with Crippen LogP contribution in [0, 0.1) is 0 Å². The van der Waals surface area contributed by atoms with Crippen molar-refractivity contribution >= 4 is 27.5 Å². The zero-order chi connectivity index (χ0) is 14.0. The number of rotatable bonds is 3. The van der Waals surface area contributed by atoms with Crippen LogP contribution in [0.1, 0.15) is 36.5 Å². The van der Waals surface area contributed by atoms with E-state index in [0.29, 0.717) is 18.2 Å². The van der Waals surface area contributed by atoms with E-state index in [2.05, 4.69) is 27.8 Å². The first kappa shape index (κ1) is 14.3. The molecule has 1 amide bonds. The fourth-order valence-electron chi connectivity index (χ4n) is 2.88. The minimum Gasteiger partial charge on any atom is -0.366 e. The summed E-state index contributed by atoms with van der Waals surface area (Å²) >= 11 is 3.46. The maximum absolute atomic E-state index is 11.6. The van der Waals surface area contributed by atoms with Gasteiger partial charge in [0.1, 0.15) is 0 Å². The van der Waals surface area contributed by atoms with E-state index >= 15 is 0 Å². The van der Waals surface area contributed by atoms with Gasteiger partial charge in [0.15, 0.2) is 0 Å². The second-order valence-corrected chi connectivity index (χ2v) is 6.02. The summed E-state index contributed by atoms with van der Waals surface area (Å²) in [7, 11) is 0. The van der Waals surface area contributed by atoms with E-state index in [-0.39, 0.29) is 6.04 Å². The van der Waals surface area contributed by atoms with Crippen LogP contribution in [0.3, 0.4) is 0 Å². The van der Waals surface area contributed by atoms with Gasteiger partial charge >= 0.3 is 0 Å². The first-order valence-corrected chi connectivity index (χ1v) is 7.41. The Morgan fingerprint density at radius 1 is 1.47 bits per heavy atom. The van der Waals surface area contributed by atoms with E-state index in [1.165, 1.54) is 6.42 Å². The lowest BCUT2D eigenvalue weighted by Crippen LogP contribution is -2.49. The van der Waals surface area contributed by atoms with Gasteiger partial charge in [-0.15, -0.1) is 0 Å².